The van der Waals surface area contributed by atoms with E-state index >= 15 is 0 Å². The Kier molecular flexibility index (Phi) is 4.45. The van der Waals surface area contributed by atoms with Crippen LogP contribution in [0.3, 0.4) is 0 Å². The number of hydrogen-bond acceptors (Lipinski definition) is 5. The zero-order valence-corrected chi connectivity index (χ0v) is 16.5. The first kappa shape index (κ1) is 18.9. The van der Waals surface area contributed by atoms with Crippen LogP contribution in [0.1, 0.15) is 25.5 Å². The summed E-state index contributed by atoms with van der Waals surface area (Å²) in [4.78, 5) is 30.8. The second kappa shape index (κ2) is 6.84. The molecule has 0 saturated heterocycles. The smallest absolute Gasteiger partial charge is 0.294 e. The van der Waals surface area contributed by atoms with Gasteiger partial charge < -0.3 is 0 Å². The molecule has 29 heavy (non-hydrogen) atoms. The van der Waals surface area contributed by atoms with Crippen molar-refractivity contribution < 1.29 is 4.39 Å². The van der Waals surface area contributed by atoms with E-state index in [4.69, 9.17) is 0 Å². The molecule has 0 fully saturated rings. The highest BCUT2D eigenvalue weighted by molar-refractivity contribution is 5.91. The summed E-state index contributed by atoms with van der Waals surface area (Å²) in [6.07, 6.45) is 1.69. The molecular weight excluding hydrogens is 375 g/mol. The first-order valence-corrected chi connectivity index (χ1v) is 9.23. The van der Waals surface area contributed by atoms with E-state index < -0.39 is 17.1 Å². The van der Waals surface area contributed by atoms with E-state index in [0.717, 1.165) is 10.3 Å². The topological polar surface area (TPSA) is 77.4 Å². The van der Waals surface area contributed by atoms with Crippen molar-refractivity contribution in [2.75, 3.05) is 11.6 Å². The second-order valence-electron chi connectivity index (χ2n) is 7.07. The Balaban J connectivity index is 2.01. The molecule has 3 aromatic rings. The number of imidazole rings is 1. The number of rotatable bonds is 4. The zero-order chi connectivity index (χ0) is 20.9. The molecule has 0 spiro atoms. The van der Waals surface area contributed by atoms with E-state index in [9.17, 15) is 14.0 Å². The first-order chi connectivity index (χ1) is 13.8. The number of fused-ring (bicyclic) bond motifs is 3. The number of hydrogen-bond donors (Lipinski definition) is 0. The summed E-state index contributed by atoms with van der Waals surface area (Å²) >= 11 is 0. The summed E-state index contributed by atoms with van der Waals surface area (Å²) in [6, 6.07) is 5.88. The van der Waals surface area contributed by atoms with Crippen LogP contribution in [0.4, 0.5) is 10.3 Å². The lowest BCUT2D eigenvalue weighted by Crippen LogP contribution is -2.40. The Morgan fingerprint density at radius 2 is 2.00 bits per heavy atom. The van der Waals surface area contributed by atoms with Crippen LogP contribution in [0, 0.1) is 5.82 Å². The molecule has 2 aromatic heterocycles. The van der Waals surface area contributed by atoms with Crippen molar-refractivity contribution in [2.45, 2.75) is 26.4 Å². The average Bonchev–Trinajstić information content (AvgIpc) is 3.10. The van der Waals surface area contributed by atoms with Gasteiger partial charge in [0.15, 0.2) is 11.2 Å². The highest BCUT2D eigenvalue weighted by Crippen LogP contribution is 2.29. The SMILES string of the molecule is C=CCN1N=C(C)[C@H](C)n2c1nc1c2c(=O)n(Cc2ccccc2F)c(=O)n1C. The van der Waals surface area contributed by atoms with Crippen molar-refractivity contribution >= 4 is 22.8 Å². The van der Waals surface area contributed by atoms with Gasteiger partial charge in [-0.05, 0) is 19.9 Å². The van der Waals surface area contributed by atoms with Gasteiger partial charge in [0.1, 0.15) is 5.82 Å². The third-order valence-electron chi connectivity index (χ3n) is 5.25. The van der Waals surface area contributed by atoms with Gasteiger partial charge >= 0.3 is 5.69 Å². The molecule has 9 heteroatoms. The highest BCUT2D eigenvalue weighted by Gasteiger charge is 2.30. The lowest BCUT2D eigenvalue weighted by atomic mass is 10.2. The molecule has 1 aliphatic heterocycles. The summed E-state index contributed by atoms with van der Waals surface area (Å²) in [6.45, 7) is 7.77. The maximum absolute atomic E-state index is 14.1. The maximum atomic E-state index is 14.1. The molecule has 0 bridgehead atoms. The fraction of sp³-hybridized carbons (Fsp3) is 0.300. The summed E-state index contributed by atoms with van der Waals surface area (Å²) in [5, 5.41) is 6.17. The normalized spacial score (nSPS) is 16.1. The van der Waals surface area contributed by atoms with Gasteiger partial charge in [0.2, 0.25) is 5.95 Å². The molecule has 0 aliphatic carbocycles. The first-order valence-electron chi connectivity index (χ1n) is 9.23. The van der Waals surface area contributed by atoms with Crippen molar-refractivity contribution in [1.29, 1.82) is 0 Å². The van der Waals surface area contributed by atoms with E-state index in [1.165, 1.54) is 10.6 Å². The van der Waals surface area contributed by atoms with E-state index in [1.807, 2.05) is 13.8 Å². The van der Waals surface area contributed by atoms with Crippen LogP contribution in [0.15, 0.2) is 51.6 Å². The minimum atomic E-state index is -0.554. The molecule has 1 aliphatic rings. The van der Waals surface area contributed by atoms with Crippen LogP contribution < -0.4 is 16.3 Å². The van der Waals surface area contributed by atoms with E-state index in [1.54, 1.807) is 40.9 Å². The van der Waals surface area contributed by atoms with Gasteiger partial charge in [-0.1, -0.05) is 24.3 Å². The van der Waals surface area contributed by atoms with Gasteiger partial charge in [0.05, 0.1) is 24.8 Å². The molecule has 1 aromatic carbocycles. The molecule has 4 rings (SSSR count). The Hall–Kier alpha value is -3.49. The Labute approximate surface area is 165 Å². The fourth-order valence-electron chi connectivity index (χ4n) is 3.56. The number of halogens is 1. The van der Waals surface area contributed by atoms with Crippen molar-refractivity contribution in [3.63, 3.8) is 0 Å². The number of nitrogens with zero attached hydrogens (tertiary/aromatic N) is 6. The number of aryl methyl sites for hydroxylation is 1. The predicted octanol–water partition coefficient (Wildman–Crippen LogP) is 2.03. The van der Waals surface area contributed by atoms with E-state index in [0.29, 0.717) is 12.5 Å². The highest BCUT2D eigenvalue weighted by atomic mass is 19.1. The number of anilines is 1. The standard InChI is InChI=1S/C20H21FN6O2/c1-5-10-26-19-22-17-16(27(19)13(3)12(2)23-26)18(28)25(20(29)24(17)4)11-14-8-6-7-9-15(14)21/h5-9,13H,1,10-11H2,2-4H3/t13-/m0/s1. The Morgan fingerprint density at radius 1 is 1.28 bits per heavy atom. The van der Waals surface area contributed by atoms with Gasteiger partial charge in [-0.15, -0.1) is 6.58 Å². The average molecular weight is 396 g/mol. The minimum Gasteiger partial charge on any atom is -0.294 e. The van der Waals surface area contributed by atoms with Gasteiger partial charge in [0, 0.05) is 12.6 Å². The second-order valence-corrected chi connectivity index (χ2v) is 7.07. The van der Waals surface area contributed by atoms with E-state index in [-0.39, 0.29) is 29.3 Å². The van der Waals surface area contributed by atoms with E-state index in [2.05, 4.69) is 16.7 Å². The Bertz CT molecular complexity index is 1280. The summed E-state index contributed by atoms with van der Waals surface area (Å²) < 4.78 is 18.3. The summed E-state index contributed by atoms with van der Waals surface area (Å²) in [7, 11) is 1.55. The molecule has 0 amide bonds. The van der Waals surface area contributed by atoms with Gasteiger partial charge in [-0.3, -0.25) is 18.5 Å². The van der Waals surface area contributed by atoms with Crippen LogP contribution in [-0.2, 0) is 13.6 Å². The zero-order valence-electron chi connectivity index (χ0n) is 16.5. The van der Waals surface area contributed by atoms with Crippen molar-refractivity contribution in [3.8, 4) is 0 Å². The van der Waals surface area contributed by atoms with Crippen LogP contribution >= 0.6 is 0 Å². The third kappa shape index (κ3) is 2.81. The maximum Gasteiger partial charge on any atom is 0.332 e. The quantitative estimate of drug-likeness (QED) is 0.633. The number of aromatic nitrogens is 4. The molecule has 0 N–H and O–H groups in total. The summed E-state index contributed by atoms with van der Waals surface area (Å²) in [5.41, 5.74) is 0.558. The lowest BCUT2D eigenvalue weighted by molar-refractivity contribution is 0.580. The monoisotopic (exact) mass is 396 g/mol. The predicted molar refractivity (Wildman–Crippen MR) is 110 cm³/mol. The molecule has 0 saturated carbocycles. The molecule has 150 valence electrons. The van der Waals surface area contributed by atoms with Crippen LogP contribution in [0.25, 0.3) is 11.2 Å². The lowest BCUT2D eigenvalue weighted by Gasteiger charge is -2.28. The largest absolute Gasteiger partial charge is 0.332 e. The minimum absolute atomic E-state index is 0.160. The molecule has 1 atom stereocenters. The number of benzene rings is 1. The van der Waals surface area contributed by atoms with Gasteiger partial charge in [-0.25, -0.2) is 14.2 Å². The number of hydrazone groups is 1. The van der Waals surface area contributed by atoms with Crippen LogP contribution in [-0.4, -0.2) is 30.9 Å². The van der Waals surface area contributed by atoms with Crippen molar-refractivity contribution in [2.24, 2.45) is 12.1 Å². The molecule has 0 radical (unpaired) electrons. The fourth-order valence-corrected chi connectivity index (χ4v) is 3.56. The molecule has 8 nitrogen and oxygen atoms in total. The van der Waals surface area contributed by atoms with Gasteiger partial charge in [-0.2, -0.15) is 10.1 Å². The van der Waals surface area contributed by atoms with Gasteiger partial charge in [0.25, 0.3) is 5.56 Å². The third-order valence-corrected chi connectivity index (χ3v) is 5.25. The molecular formula is C20H21FN6O2. The van der Waals surface area contributed by atoms with Crippen LogP contribution in [0.2, 0.25) is 0 Å². The molecule has 0 unspecified atom stereocenters. The van der Waals surface area contributed by atoms with Crippen molar-refractivity contribution in [1.82, 2.24) is 18.7 Å². The molecule has 3 heterocycles. The summed E-state index contributed by atoms with van der Waals surface area (Å²) in [5.74, 6) is -0.000825. The Morgan fingerprint density at radius 3 is 2.69 bits per heavy atom. The van der Waals surface area contributed by atoms with Crippen LogP contribution in [0.5, 0.6) is 0 Å². The van der Waals surface area contributed by atoms with Crippen molar-refractivity contribution in [3.05, 3.63) is 69.1 Å².